The predicted octanol–water partition coefficient (Wildman–Crippen LogP) is 5.39. The van der Waals surface area contributed by atoms with E-state index in [1.54, 1.807) is 23.1 Å². The third-order valence-corrected chi connectivity index (χ3v) is 6.75. The molecule has 0 saturated heterocycles. The molecule has 1 aromatic carbocycles. The van der Waals surface area contributed by atoms with Gasteiger partial charge in [0.05, 0.1) is 6.04 Å². The SMILES string of the molecule is Cc1cc([C@@H](C)NC(=O)Nc2nnc(SCc3ccccc3)s2)c(C)s1. The number of amides is 2. The van der Waals surface area contributed by atoms with Crippen molar-refractivity contribution in [3.63, 3.8) is 0 Å². The summed E-state index contributed by atoms with van der Waals surface area (Å²) in [6.45, 7) is 6.13. The van der Waals surface area contributed by atoms with Gasteiger partial charge in [0, 0.05) is 15.5 Å². The van der Waals surface area contributed by atoms with E-state index < -0.39 is 0 Å². The monoisotopic (exact) mass is 404 g/mol. The van der Waals surface area contributed by atoms with Gasteiger partial charge in [-0.2, -0.15) is 0 Å². The molecule has 0 aliphatic heterocycles. The fourth-order valence-corrected chi connectivity index (χ4v) is 5.25. The topological polar surface area (TPSA) is 66.9 Å². The van der Waals surface area contributed by atoms with Gasteiger partial charge in [0.1, 0.15) is 0 Å². The minimum absolute atomic E-state index is 0.0557. The zero-order valence-electron chi connectivity index (χ0n) is 14.8. The first-order valence-electron chi connectivity index (χ1n) is 8.16. The number of hydrogen-bond donors (Lipinski definition) is 2. The molecule has 0 spiro atoms. The van der Waals surface area contributed by atoms with Crippen molar-refractivity contribution in [3.05, 3.63) is 57.3 Å². The minimum Gasteiger partial charge on any atom is -0.331 e. The number of urea groups is 1. The first-order chi connectivity index (χ1) is 12.5. The van der Waals surface area contributed by atoms with Crippen LogP contribution in [0, 0.1) is 13.8 Å². The molecule has 8 heteroatoms. The van der Waals surface area contributed by atoms with Gasteiger partial charge in [-0.25, -0.2) is 4.79 Å². The van der Waals surface area contributed by atoms with E-state index in [0.29, 0.717) is 5.13 Å². The van der Waals surface area contributed by atoms with Crippen LogP contribution in [0.3, 0.4) is 0 Å². The van der Waals surface area contributed by atoms with Crippen molar-refractivity contribution >= 4 is 45.6 Å². The molecule has 3 aromatic rings. The number of aryl methyl sites for hydroxylation is 2. The van der Waals surface area contributed by atoms with Gasteiger partial charge in [0.25, 0.3) is 0 Å². The van der Waals surface area contributed by atoms with Crippen LogP contribution in [-0.2, 0) is 5.75 Å². The lowest BCUT2D eigenvalue weighted by molar-refractivity contribution is 0.249. The van der Waals surface area contributed by atoms with Gasteiger partial charge < -0.3 is 5.32 Å². The number of thioether (sulfide) groups is 1. The van der Waals surface area contributed by atoms with Gasteiger partial charge in [0.15, 0.2) is 4.34 Å². The van der Waals surface area contributed by atoms with Gasteiger partial charge in [-0.1, -0.05) is 53.4 Å². The normalized spacial score (nSPS) is 12.0. The first-order valence-corrected chi connectivity index (χ1v) is 10.8. The average Bonchev–Trinajstić information content (AvgIpc) is 3.19. The number of benzene rings is 1. The number of aromatic nitrogens is 2. The maximum absolute atomic E-state index is 12.2. The van der Waals surface area contributed by atoms with E-state index in [1.165, 1.54) is 26.7 Å². The summed E-state index contributed by atoms with van der Waals surface area (Å²) in [6, 6.07) is 12.0. The Bertz CT molecular complexity index is 876. The lowest BCUT2D eigenvalue weighted by atomic mass is 10.1. The van der Waals surface area contributed by atoms with Gasteiger partial charge in [-0.05, 0) is 38.0 Å². The van der Waals surface area contributed by atoms with Crippen LogP contribution >= 0.6 is 34.4 Å². The molecule has 0 saturated carbocycles. The lowest BCUT2D eigenvalue weighted by Gasteiger charge is -2.13. The summed E-state index contributed by atoms with van der Waals surface area (Å²) in [5, 5.41) is 14.4. The molecule has 0 radical (unpaired) electrons. The van der Waals surface area contributed by atoms with E-state index in [1.807, 2.05) is 25.1 Å². The molecule has 2 N–H and O–H groups in total. The average molecular weight is 405 g/mol. The second-order valence-corrected chi connectivity index (χ2v) is 9.50. The van der Waals surface area contributed by atoms with Crippen LogP contribution in [0.5, 0.6) is 0 Å². The van der Waals surface area contributed by atoms with E-state index >= 15 is 0 Å². The van der Waals surface area contributed by atoms with Gasteiger partial charge in [-0.15, -0.1) is 21.5 Å². The van der Waals surface area contributed by atoms with E-state index in [4.69, 9.17) is 0 Å². The molecule has 0 unspecified atom stereocenters. The molecule has 2 aromatic heterocycles. The second kappa shape index (κ2) is 8.66. The van der Waals surface area contributed by atoms with E-state index in [2.05, 4.69) is 52.9 Å². The summed E-state index contributed by atoms with van der Waals surface area (Å²) in [7, 11) is 0. The molecule has 2 heterocycles. The molecule has 2 amide bonds. The molecule has 1 atom stereocenters. The number of nitrogens with one attached hydrogen (secondary N) is 2. The Balaban J connectivity index is 1.52. The van der Waals surface area contributed by atoms with Crippen LogP contribution < -0.4 is 10.6 Å². The van der Waals surface area contributed by atoms with Gasteiger partial charge in [-0.3, -0.25) is 5.32 Å². The van der Waals surface area contributed by atoms with E-state index in [0.717, 1.165) is 15.7 Å². The maximum atomic E-state index is 12.2. The number of hydrogen-bond acceptors (Lipinski definition) is 6. The molecular formula is C18H20N4OS3. The van der Waals surface area contributed by atoms with Gasteiger partial charge in [0.2, 0.25) is 5.13 Å². The van der Waals surface area contributed by atoms with Crippen LogP contribution in [0.25, 0.3) is 0 Å². The Morgan fingerprint density at radius 3 is 2.65 bits per heavy atom. The number of thiophene rings is 1. The highest BCUT2D eigenvalue weighted by atomic mass is 32.2. The Kier molecular flexibility index (Phi) is 6.29. The molecule has 26 heavy (non-hydrogen) atoms. The Hall–Kier alpha value is -1.90. The fourth-order valence-electron chi connectivity index (χ4n) is 2.53. The summed E-state index contributed by atoms with van der Waals surface area (Å²) in [4.78, 5) is 14.7. The lowest BCUT2D eigenvalue weighted by Crippen LogP contribution is -2.31. The third kappa shape index (κ3) is 5.06. The molecule has 0 bridgehead atoms. The van der Waals surface area contributed by atoms with Crippen molar-refractivity contribution in [2.45, 2.75) is 36.9 Å². The van der Waals surface area contributed by atoms with Crippen LogP contribution in [0.4, 0.5) is 9.93 Å². The van der Waals surface area contributed by atoms with Crippen LogP contribution in [0.1, 0.15) is 33.8 Å². The molecular weight excluding hydrogens is 384 g/mol. The first kappa shape index (κ1) is 18.9. The second-order valence-electron chi connectivity index (χ2n) is 5.84. The number of carbonyl (C=O) groups excluding carboxylic acids is 1. The van der Waals surface area contributed by atoms with E-state index in [-0.39, 0.29) is 12.1 Å². The van der Waals surface area contributed by atoms with Crippen molar-refractivity contribution in [2.24, 2.45) is 0 Å². The molecule has 0 aliphatic rings. The summed E-state index contributed by atoms with van der Waals surface area (Å²) < 4.78 is 0.835. The molecule has 0 fully saturated rings. The maximum Gasteiger partial charge on any atom is 0.321 e. The Morgan fingerprint density at radius 2 is 1.96 bits per heavy atom. The highest BCUT2D eigenvalue weighted by Gasteiger charge is 2.15. The van der Waals surface area contributed by atoms with Crippen LogP contribution in [-0.4, -0.2) is 16.2 Å². The highest BCUT2D eigenvalue weighted by molar-refractivity contribution is 8.00. The zero-order valence-corrected chi connectivity index (χ0v) is 17.2. The van der Waals surface area contributed by atoms with Crippen molar-refractivity contribution in [1.29, 1.82) is 0 Å². The highest BCUT2D eigenvalue weighted by Crippen LogP contribution is 2.29. The number of anilines is 1. The summed E-state index contributed by atoms with van der Waals surface area (Å²) in [6.07, 6.45) is 0. The Morgan fingerprint density at radius 1 is 1.19 bits per heavy atom. The number of nitrogens with zero attached hydrogens (tertiary/aromatic N) is 2. The number of rotatable bonds is 6. The quantitative estimate of drug-likeness (QED) is 0.427. The smallest absolute Gasteiger partial charge is 0.321 e. The molecule has 0 aliphatic carbocycles. The van der Waals surface area contributed by atoms with Crippen molar-refractivity contribution in [2.75, 3.05) is 5.32 Å². The minimum atomic E-state index is -0.267. The Labute approximate surface area is 165 Å². The van der Waals surface area contributed by atoms with Crippen molar-refractivity contribution in [1.82, 2.24) is 15.5 Å². The molecule has 136 valence electrons. The van der Waals surface area contributed by atoms with Crippen LogP contribution in [0.15, 0.2) is 40.7 Å². The molecule has 3 rings (SSSR count). The summed E-state index contributed by atoms with van der Waals surface area (Å²) in [5.41, 5.74) is 2.38. The van der Waals surface area contributed by atoms with Crippen molar-refractivity contribution < 1.29 is 4.79 Å². The van der Waals surface area contributed by atoms with Gasteiger partial charge >= 0.3 is 6.03 Å². The fraction of sp³-hybridized carbons (Fsp3) is 0.278. The van der Waals surface area contributed by atoms with Crippen LogP contribution in [0.2, 0.25) is 0 Å². The number of carbonyl (C=O) groups is 1. The summed E-state index contributed by atoms with van der Waals surface area (Å²) >= 11 is 4.73. The standard InChI is InChI=1S/C18H20N4OS3/c1-11-9-15(13(3)25-11)12(2)19-16(23)20-17-21-22-18(26-17)24-10-14-7-5-4-6-8-14/h4-9,12H,10H2,1-3H3,(H2,19,20,21,23)/t12-/m1/s1. The predicted molar refractivity (Wildman–Crippen MR) is 110 cm³/mol. The summed E-state index contributed by atoms with van der Waals surface area (Å²) in [5.74, 6) is 0.829. The third-order valence-electron chi connectivity index (χ3n) is 3.73. The zero-order chi connectivity index (χ0) is 18.5. The van der Waals surface area contributed by atoms with Crippen molar-refractivity contribution in [3.8, 4) is 0 Å². The molecule has 5 nitrogen and oxygen atoms in total. The van der Waals surface area contributed by atoms with E-state index in [9.17, 15) is 4.79 Å². The largest absolute Gasteiger partial charge is 0.331 e.